The van der Waals surface area contributed by atoms with Crippen molar-refractivity contribution in [2.45, 2.75) is 30.4 Å². The highest BCUT2D eigenvalue weighted by molar-refractivity contribution is 8.00. The van der Waals surface area contributed by atoms with Crippen LogP contribution in [-0.2, 0) is 14.8 Å². The normalized spacial score (nSPS) is 21.0. The van der Waals surface area contributed by atoms with E-state index in [9.17, 15) is 13.2 Å². The molecule has 118 valence electrons. The summed E-state index contributed by atoms with van der Waals surface area (Å²) in [7, 11) is -2.39. The summed E-state index contributed by atoms with van der Waals surface area (Å²) < 4.78 is 32.0. The van der Waals surface area contributed by atoms with Gasteiger partial charge in [-0.2, -0.15) is 16.1 Å². The van der Waals surface area contributed by atoms with Gasteiger partial charge in [-0.15, -0.1) is 11.3 Å². The number of ether oxygens (including phenoxy) is 1. The van der Waals surface area contributed by atoms with E-state index in [1.165, 1.54) is 11.4 Å². The van der Waals surface area contributed by atoms with Crippen LogP contribution in [0.5, 0.6) is 0 Å². The van der Waals surface area contributed by atoms with E-state index in [1.54, 1.807) is 24.1 Å². The van der Waals surface area contributed by atoms with E-state index in [4.69, 9.17) is 4.74 Å². The fraction of sp³-hybridized carbons (Fsp3) is 0.615. The molecule has 1 unspecified atom stereocenters. The summed E-state index contributed by atoms with van der Waals surface area (Å²) in [5, 5.41) is 2.14. The van der Waals surface area contributed by atoms with Crippen LogP contribution in [0.4, 0.5) is 0 Å². The van der Waals surface area contributed by atoms with Crippen LogP contribution in [0.1, 0.15) is 28.6 Å². The maximum Gasteiger partial charge on any atom is 0.349 e. The molecule has 1 aromatic heterocycles. The van der Waals surface area contributed by atoms with Crippen LogP contribution in [-0.4, -0.2) is 49.9 Å². The van der Waals surface area contributed by atoms with Crippen molar-refractivity contribution in [2.24, 2.45) is 0 Å². The van der Waals surface area contributed by atoms with Crippen LogP contribution in [0.2, 0.25) is 0 Å². The summed E-state index contributed by atoms with van der Waals surface area (Å²) >= 11 is 2.90. The number of thiophene rings is 1. The van der Waals surface area contributed by atoms with Crippen LogP contribution in [0.15, 0.2) is 10.3 Å². The maximum atomic E-state index is 12.9. The third kappa shape index (κ3) is 3.44. The van der Waals surface area contributed by atoms with Gasteiger partial charge in [0.2, 0.25) is 10.0 Å². The van der Waals surface area contributed by atoms with Gasteiger partial charge in [-0.05, 0) is 24.3 Å². The molecule has 1 aliphatic rings. The van der Waals surface area contributed by atoms with E-state index < -0.39 is 16.0 Å². The first-order valence-corrected chi connectivity index (χ1v) is 10.0. The second-order valence-electron chi connectivity index (χ2n) is 4.94. The SMILES string of the molecule is COC(=O)c1scc(C)c1S(=O)(=O)N1CCSC(C)CC1. The molecule has 0 spiro atoms. The Kier molecular flexibility index (Phi) is 5.34. The molecule has 0 aliphatic carbocycles. The maximum absolute atomic E-state index is 12.9. The van der Waals surface area contributed by atoms with Crippen molar-refractivity contribution in [3.8, 4) is 0 Å². The smallest absolute Gasteiger partial charge is 0.349 e. The first kappa shape index (κ1) is 16.8. The average molecular weight is 349 g/mol. The molecule has 2 heterocycles. The Morgan fingerprint density at radius 3 is 2.81 bits per heavy atom. The third-order valence-electron chi connectivity index (χ3n) is 3.41. The fourth-order valence-corrected chi connectivity index (χ4v) is 6.46. The quantitative estimate of drug-likeness (QED) is 0.784. The average Bonchev–Trinajstić information content (AvgIpc) is 2.69. The summed E-state index contributed by atoms with van der Waals surface area (Å²) in [5.74, 6) is 0.182. The number of esters is 1. The number of carbonyl (C=O) groups excluding carboxylic acids is 1. The molecule has 21 heavy (non-hydrogen) atoms. The Bertz CT molecular complexity index is 623. The lowest BCUT2D eigenvalue weighted by molar-refractivity contribution is 0.0602. The van der Waals surface area contributed by atoms with Gasteiger partial charge in [0.05, 0.1) is 7.11 Å². The van der Waals surface area contributed by atoms with Crippen molar-refractivity contribution in [3.63, 3.8) is 0 Å². The number of rotatable bonds is 3. The molecule has 0 bridgehead atoms. The standard InChI is InChI=1S/C13H19NO4S3/c1-9-8-20-11(13(15)18-3)12(9)21(16,17)14-5-4-10(2)19-7-6-14/h8,10H,4-7H2,1-3H3. The van der Waals surface area contributed by atoms with Crippen molar-refractivity contribution >= 4 is 39.1 Å². The van der Waals surface area contributed by atoms with Crippen molar-refractivity contribution in [1.82, 2.24) is 4.31 Å². The van der Waals surface area contributed by atoms with E-state index in [0.717, 1.165) is 23.5 Å². The van der Waals surface area contributed by atoms with Crippen LogP contribution in [0.3, 0.4) is 0 Å². The second kappa shape index (κ2) is 6.68. The Hall–Kier alpha value is -0.570. The number of hydrogen-bond donors (Lipinski definition) is 0. The van der Waals surface area contributed by atoms with Crippen molar-refractivity contribution in [1.29, 1.82) is 0 Å². The van der Waals surface area contributed by atoms with Crippen LogP contribution >= 0.6 is 23.1 Å². The lowest BCUT2D eigenvalue weighted by Crippen LogP contribution is -2.34. The first-order chi connectivity index (χ1) is 9.87. The van der Waals surface area contributed by atoms with Crippen LogP contribution in [0.25, 0.3) is 0 Å². The number of carbonyl (C=O) groups is 1. The Labute approximate surface area is 133 Å². The van der Waals surface area contributed by atoms with Gasteiger partial charge in [0.1, 0.15) is 9.77 Å². The highest BCUT2D eigenvalue weighted by Gasteiger charge is 2.33. The highest BCUT2D eigenvalue weighted by atomic mass is 32.2. The molecule has 2 rings (SSSR count). The van der Waals surface area contributed by atoms with Gasteiger partial charge in [-0.25, -0.2) is 13.2 Å². The molecule has 1 saturated heterocycles. The molecule has 1 fully saturated rings. The van der Waals surface area contributed by atoms with Crippen molar-refractivity contribution in [3.05, 3.63) is 15.8 Å². The van der Waals surface area contributed by atoms with Gasteiger partial charge in [0.25, 0.3) is 0 Å². The number of methoxy groups -OCH3 is 1. The zero-order valence-corrected chi connectivity index (χ0v) is 14.7. The predicted octanol–water partition coefficient (Wildman–Crippen LogP) is 2.36. The van der Waals surface area contributed by atoms with Gasteiger partial charge in [0.15, 0.2) is 0 Å². The minimum Gasteiger partial charge on any atom is -0.465 e. The van der Waals surface area contributed by atoms with Crippen LogP contribution < -0.4 is 0 Å². The predicted molar refractivity (Wildman–Crippen MR) is 85.7 cm³/mol. The van der Waals surface area contributed by atoms with Gasteiger partial charge < -0.3 is 4.74 Å². The molecule has 0 aromatic carbocycles. The van der Waals surface area contributed by atoms with Crippen LogP contribution in [0, 0.1) is 6.92 Å². The van der Waals surface area contributed by atoms with Crippen molar-refractivity contribution < 1.29 is 17.9 Å². The van der Waals surface area contributed by atoms with Crippen molar-refractivity contribution in [2.75, 3.05) is 26.0 Å². The molecule has 0 radical (unpaired) electrons. The summed E-state index contributed by atoms with van der Waals surface area (Å²) in [5.41, 5.74) is 0.602. The topological polar surface area (TPSA) is 63.7 Å². The number of aryl methyl sites for hydroxylation is 1. The zero-order chi connectivity index (χ0) is 15.6. The minimum atomic E-state index is -3.65. The molecule has 0 amide bonds. The Morgan fingerprint density at radius 1 is 1.43 bits per heavy atom. The molecule has 0 saturated carbocycles. The lowest BCUT2D eigenvalue weighted by atomic mass is 10.3. The van der Waals surface area contributed by atoms with E-state index >= 15 is 0 Å². The molecule has 1 aromatic rings. The Balaban J connectivity index is 2.40. The minimum absolute atomic E-state index is 0.110. The monoisotopic (exact) mass is 349 g/mol. The molecule has 8 heteroatoms. The lowest BCUT2D eigenvalue weighted by Gasteiger charge is -2.20. The molecular weight excluding hydrogens is 330 g/mol. The molecule has 1 aliphatic heterocycles. The molecule has 1 atom stereocenters. The first-order valence-electron chi connectivity index (χ1n) is 6.66. The number of hydrogen-bond acceptors (Lipinski definition) is 6. The van der Waals surface area contributed by atoms with E-state index in [2.05, 4.69) is 6.92 Å². The van der Waals surface area contributed by atoms with Gasteiger partial charge in [-0.1, -0.05) is 6.92 Å². The molecular formula is C13H19NO4S3. The molecule has 5 nitrogen and oxygen atoms in total. The summed E-state index contributed by atoms with van der Waals surface area (Å²) in [6.07, 6.45) is 0.820. The molecule has 0 N–H and O–H groups in total. The fourth-order valence-electron chi connectivity index (χ4n) is 2.23. The summed E-state index contributed by atoms with van der Waals surface area (Å²) in [4.78, 5) is 12.1. The van der Waals surface area contributed by atoms with E-state index in [1.807, 2.05) is 0 Å². The van der Waals surface area contributed by atoms with Gasteiger partial charge in [-0.3, -0.25) is 0 Å². The second-order valence-corrected chi connectivity index (χ2v) is 9.24. The number of nitrogens with zero attached hydrogens (tertiary/aromatic N) is 1. The Morgan fingerprint density at radius 2 is 2.14 bits per heavy atom. The third-order valence-corrected chi connectivity index (χ3v) is 7.93. The van der Waals surface area contributed by atoms with E-state index in [0.29, 0.717) is 23.9 Å². The highest BCUT2D eigenvalue weighted by Crippen LogP contribution is 2.31. The van der Waals surface area contributed by atoms with E-state index in [-0.39, 0.29) is 9.77 Å². The van der Waals surface area contributed by atoms with Gasteiger partial charge in [0, 0.05) is 24.1 Å². The number of thioether (sulfide) groups is 1. The summed E-state index contributed by atoms with van der Waals surface area (Å²) in [6, 6.07) is 0. The van der Waals surface area contributed by atoms with Gasteiger partial charge >= 0.3 is 5.97 Å². The zero-order valence-electron chi connectivity index (χ0n) is 12.3. The summed E-state index contributed by atoms with van der Waals surface area (Å²) in [6.45, 7) is 4.79. The largest absolute Gasteiger partial charge is 0.465 e. The number of sulfonamides is 1.